The molecule has 0 aromatic rings. The van der Waals surface area contributed by atoms with E-state index in [0.717, 1.165) is 58.0 Å². The minimum atomic E-state index is 0.309. The van der Waals surface area contributed by atoms with E-state index in [-0.39, 0.29) is 0 Å². The topological polar surface area (TPSA) is 66.0 Å². The first-order valence-corrected chi connectivity index (χ1v) is 10.7. The van der Waals surface area contributed by atoms with Crippen molar-refractivity contribution < 1.29 is 9.53 Å². The van der Waals surface area contributed by atoms with Gasteiger partial charge in [-0.1, -0.05) is 12.8 Å². The fraction of sp³-hybridized carbons (Fsp3) is 0.900. The van der Waals surface area contributed by atoms with E-state index in [1.807, 2.05) is 4.90 Å². The van der Waals surface area contributed by atoms with Crippen molar-refractivity contribution in [3.8, 4) is 0 Å². The van der Waals surface area contributed by atoms with Crippen molar-refractivity contribution in [1.82, 2.24) is 15.5 Å². The highest BCUT2D eigenvalue weighted by atomic mass is 16.5. The zero-order valence-electron chi connectivity index (χ0n) is 16.1. The van der Waals surface area contributed by atoms with Gasteiger partial charge in [0.25, 0.3) is 0 Å². The molecule has 146 valence electrons. The molecule has 4 rings (SSSR count). The maximum absolute atomic E-state index is 11.7. The quantitative estimate of drug-likeness (QED) is 0.430. The third-order valence-electron chi connectivity index (χ3n) is 6.95. The molecule has 2 aliphatic carbocycles. The molecule has 2 N–H and O–H groups in total. The Balaban J connectivity index is 1.33. The highest BCUT2D eigenvalue weighted by molar-refractivity contribution is 5.80. The smallest absolute Gasteiger partial charge is 0.222 e. The summed E-state index contributed by atoms with van der Waals surface area (Å²) in [6.07, 6.45) is 9.59. The number of guanidine groups is 1. The maximum atomic E-state index is 11.7. The van der Waals surface area contributed by atoms with Crippen LogP contribution in [-0.4, -0.2) is 61.7 Å². The Kier molecular flexibility index (Phi) is 5.39. The zero-order chi connectivity index (χ0) is 18.0. The van der Waals surface area contributed by atoms with Crippen LogP contribution in [0.15, 0.2) is 4.99 Å². The normalized spacial score (nSPS) is 32.8. The number of nitrogens with zero attached hydrogens (tertiary/aromatic N) is 2. The second-order valence-electron chi connectivity index (χ2n) is 8.40. The molecular weight excluding hydrogens is 328 g/mol. The number of ether oxygens (including phenoxy) is 1. The second kappa shape index (κ2) is 7.75. The summed E-state index contributed by atoms with van der Waals surface area (Å²) in [6, 6.07) is 0.510. The van der Waals surface area contributed by atoms with Crippen LogP contribution in [0.3, 0.4) is 0 Å². The lowest BCUT2D eigenvalue weighted by atomic mass is 9.54. The summed E-state index contributed by atoms with van der Waals surface area (Å²) in [5, 5.41) is 7.20. The van der Waals surface area contributed by atoms with Crippen LogP contribution in [0, 0.1) is 11.3 Å². The van der Waals surface area contributed by atoms with Gasteiger partial charge in [-0.25, -0.2) is 0 Å². The fourth-order valence-electron chi connectivity index (χ4n) is 5.76. The zero-order valence-corrected chi connectivity index (χ0v) is 16.1. The Morgan fingerprint density at radius 1 is 1.35 bits per heavy atom. The lowest BCUT2D eigenvalue weighted by Gasteiger charge is -2.57. The molecule has 3 unspecified atom stereocenters. The molecule has 4 aliphatic rings. The minimum absolute atomic E-state index is 0.309. The largest absolute Gasteiger partial charge is 0.377 e. The lowest BCUT2D eigenvalue weighted by Crippen LogP contribution is -2.69. The summed E-state index contributed by atoms with van der Waals surface area (Å²) >= 11 is 0. The van der Waals surface area contributed by atoms with E-state index in [1.165, 1.54) is 32.1 Å². The molecule has 1 amide bonds. The summed E-state index contributed by atoms with van der Waals surface area (Å²) in [5.41, 5.74) is 0.347. The van der Waals surface area contributed by atoms with Gasteiger partial charge in [0.15, 0.2) is 5.96 Å². The Morgan fingerprint density at radius 3 is 2.92 bits per heavy atom. The number of likely N-dealkylation sites (tertiary alicyclic amines) is 1. The first kappa shape index (κ1) is 18.1. The standard InChI is InChI=1S/C20H34N4O2/c1-2-21-19(22-11-6-13-24-12-5-7-16(24)25)23-17-15-8-14-26-18(15)20(17)9-3-4-10-20/h15,17-18H,2-14H2,1H3,(H2,21,22,23). The molecule has 1 spiro atoms. The monoisotopic (exact) mass is 362 g/mol. The van der Waals surface area contributed by atoms with Gasteiger partial charge in [0.1, 0.15) is 0 Å². The fourth-order valence-corrected chi connectivity index (χ4v) is 5.76. The van der Waals surface area contributed by atoms with Crippen molar-refractivity contribution >= 4 is 11.9 Å². The Labute approximate surface area is 157 Å². The van der Waals surface area contributed by atoms with E-state index in [0.29, 0.717) is 29.4 Å². The molecule has 2 saturated heterocycles. The number of rotatable bonds is 6. The minimum Gasteiger partial charge on any atom is -0.377 e. The number of aliphatic imine (C=N–C) groups is 1. The first-order chi connectivity index (χ1) is 12.7. The molecule has 4 fully saturated rings. The number of carbonyl (C=O) groups excluding carboxylic acids is 1. The van der Waals surface area contributed by atoms with Crippen LogP contribution in [0.4, 0.5) is 0 Å². The van der Waals surface area contributed by atoms with Gasteiger partial charge in [-0.05, 0) is 39.0 Å². The van der Waals surface area contributed by atoms with Crippen LogP contribution in [-0.2, 0) is 9.53 Å². The molecule has 0 radical (unpaired) electrons. The Bertz CT molecular complexity index is 544. The number of hydrogen-bond acceptors (Lipinski definition) is 3. The summed E-state index contributed by atoms with van der Waals surface area (Å²) in [6.45, 7) is 6.45. The number of amides is 1. The van der Waals surface area contributed by atoms with Crippen LogP contribution in [0.25, 0.3) is 0 Å². The van der Waals surface area contributed by atoms with E-state index in [2.05, 4.69) is 17.6 Å². The van der Waals surface area contributed by atoms with E-state index in [9.17, 15) is 4.79 Å². The van der Waals surface area contributed by atoms with Gasteiger partial charge in [-0.15, -0.1) is 0 Å². The van der Waals surface area contributed by atoms with Crippen molar-refractivity contribution in [3.05, 3.63) is 0 Å². The molecule has 6 heteroatoms. The van der Waals surface area contributed by atoms with Crippen LogP contribution in [0.1, 0.15) is 58.3 Å². The summed E-state index contributed by atoms with van der Waals surface area (Å²) in [4.78, 5) is 18.5. The first-order valence-electron chi connectivity index (χ1n) is 10.7. The number of nitrogens with one attached hydrogen (secondary N) is 2. The van der Waals surface area contributed by atoms with Gasteiger partial charge in [0, 0.05) is 56.6 Å². The molecule has 3 atom stereocenters. The van der Waals surface area contributed by atoms with Gasteiger partial charge in [0.05, 0.1) is 6.10 Å². The van der Waals surface area contributed by atoms with Crippen molar-refractivity contribution in [3.63, 3.8) is 0 Å². The van der Waals surface area contributed by atoms with Crippen LogP contribution in [0.2, 0.25) is 0 Å². The molecule has 0 aromatic carbocycles. The van der Waals surface area contributed by atoms with Gasteiger partial charge in [-0.3, -0.25) is 9.79 Å². The van der Waals surface area contributed by atoms with E-state index >= 15 is 0 Å². The molecule has 0 bridgehead atoms. The Morgan fingerprint density at radius 2 is 2.19 bits per heavy atom. The third kappa shape index (κ3) is 3.21. The van der Waals surface area contributed by atoms with Crippen LogP contribution < -0.4 is 10.6 Å². The highest BCUT2D eigenvalue weighted by Crippen LogP contribution is 2.60. The third-order valence-corrected chi connectivity index (χ3v) is 6.95. The molecule has 0 aromatic heterocycles. The van der Waals surface area contributed by atoms with Crippen molar-refractivity contribution in [2.45, 2.75) is 70.4 Å². The number of fused-ring (bicyclic) bond motifs is 2. The van der Waals surface area contributed by atoms with E-state index in [4.69, 9.17) is 9.73 Å². The summed E-state index contributed by atoms with van der Waals surface area (Å²) < 4.78 is 6.09. The summed E-state index contributed by atoms with van der Waals surface area (Å²) in [7, 11) is 0. The van der Waals surface area contributed by atoms with Crippen LogP contribution in [0.5, 0.6) is 0 Å². The highest BCUT2D eigenvalue weighted by Gasteiger charge is 2.65. The number of hydrogen-bond donors (Lipinski definition) is 2. The van der Waals surface area contributed by atoms with E-state index < -0.39 is 0 Å². The van der Waals surface area contributed by atoms with Crippen molar-refractivity contribution in [1.29, 1.82) is 0 Å². The Hall–Kier alpha value is -1.30. The molecule has 2 saturated carbocycles. The average Bonchev–Trinajstić information content (AvgIpc) is 3.36. The average molecular weight is 363 g/mol. The molecule has 26 heavy (non-hydrogen) atoms. The number of carbonyl (C=O) groups is 1. The van der Waals surface area contributed by atoms with E-state index in [1.54, 1.807) is 0 Å². The molecule has 2 aliphatic heterocycles. The van der Waals surface area contributed by atoms with Gasteiger partial charge >= 0.3 is 0 Å². The predicted octanol–water partition coefficient (Wildman–Crippen LogP) is 1.90. The van der Waals surface area contributed by atoms with Gasteiger partial charge in [0.2, 0.25) is 5.91 Å². The van der Waals surface area contributed by atoms with Crippen LogP contribution >= 0.6 is 0 Å². The SMILES string of the molecule is CCNC(=NCCCN1CCCC1=O)NC1C2CCOC2C12CCCC2. The lowest BCUT2D eigenvalue weighted by molar-refractivity contribution is -0.127. The second-order valence-corrected chi connectivity index (χ2v) is 8.40. The van der Waals surface area contributed by atoms with Gasteiger partial charge in [-0.2, -0.15) is 0 Å². The molecule has 6 nitrogen and oxygen atoms in total. The van der Waals surface area contributed by atoms with Crippen molar-refractivity contribution in [2.75, 3.05) is 32.8 Å². The molecular formula is C20H34N4O2. The summed E-state index contributed by atoms with van der Waals surface area (Å²) in [5.74, 6) is 1.91. The van der Waals surface area contributed by atoms with Gasteiger partial charge < -0.3 is 20.3 Å². The predicted molar refractivity (Wildman–Crippen MR) is 102 cm³/mol. The maximum Gasteiger partial charge on any atom is 0.222 e. The van der Waals surface area contributed by atoms with Crippen molar-refractivity contribution in [2.24, 2.45) is 16.3 Å². The molecule has 2 heterocycles.